The van der Waals surface area contributed by atoms with E-state index in [-0.39, 0.29) is 5.91 Å². The van der Waals surface area contributed by atoms with Gasteiger partial charge >= 0.3 is 0 Å². The molecule has 1 amide bonds. The summed E-state index contributed by atoms with van der Waals surface area (Å²) in [6, 6.07) is 15.5. The molecule has 0 bridgehead atoms. The molecule has 1 fully saturated rings. The smallest absolute Gasteiger partial charge is 0.255 e. The first-order valence-electron chi connectivity index (χ1n) is 6.99. The lowest BCUT2D eigenvalue weighted by Gasteiger charge is -2.31. The zero-order valence-corrected chi connectivity index (χ0v) is 13.2. The van der Waals surface area contributed by atoms with Gasteiger partial charge in [0, 0.05) is 17.6 Å². The maximum atomic E-state index is 12.2. The molecular weight excluding hydrogens is 330 g/mol. The molecule has 0 saturated carbocycles. The number of ether oxygens (including phenoxy) is 1. The van der Waals surface area contributed by atoms with Gasteiger partial charge < -0.3 is 9.64 Å². The lowest BCUT2D eigenvalue weighted by atomic mass is 10.1. The van der Waals surface area contributed by atoms with Crippen LogP contribution in [0.25, 0.3) is 0 Å². The Bertz CT molecular complexity index is 638. The Hall–Kier alpha value is -1.81. The molecule has 0 unspecified atom stereocenters. The predicted molar refractivity (Wildman–Crippen MR) is 85.4 cm³/mol. The molecule has 0 N–H and O–H groups in total. The van der Waals surface area contributed by atoms with Crippen LogP contribution in [0.1, 0.15) is 22.3 Å². The van der Waals surface area contributed by atoms with Crippen LogP contribution in [0.15, 0.2) is 53.0 Å². The highest BCUT2D eigenvalue weighted by atomic mass is 79.9. The van der Waals surface area contributed by atoms with Crippen LogP contribution in [0.3, 0.4) is 0 Å². The number of carbonyl (C=O) groups is 1. The Morgan fingerprint density at radius 2 is 1.90 bits per heavy atom. The summed E-state index contributed by atoms with van der Waals surface area (Å²) in [7, 11) is 0. The molecule has 4 heteroatoms. The quantitative estimate of drug-likeness (QED) is 0.841. The van der Waals surface area contributed by atoms with Gasteiger partial charge in [0.05, 0.1) is 5.56 Å². The highest BCUT2D eigenvalue weighted by Gasteiger charge is 2.23. The Morgan fingerprint density at radius 1 is 1.14 bits per heavy atom. The molecule has 1 saturated heterocycles. The molecule has 0 aliphatic carbocycles. The van der Waals surface area contributed by atoms with Crippen LogP contribution in [0.5, 0.6) is 5.75 Å². The Labute approximate surface area is 132 Å². The largest absolute Gasteiger partial charge is 0.489 e. The first kappa shape index (κ1) is 14.1. The minimum atomic E-state index is 0.0859. The van der Waals surface area contributed by atoms with Crippen molar-refractivity contribution in [1.82, 2.24) is 4.90 Å². The zero-order valence-electron chi connectivity index (χ0n) is 11.6. The minimum absolute atomic E-state index is 0.0859. The van der Waals surface area contributed by atoms with Gasteiger partial charge in [0.15, 0.2) is 0 Å². The normalized spacial score (nSPS) is 13.7. The standard InChI is InChI=1S/C17H16BrNO2/c18-16-11-14(21-12-13-5-2-1-3-6-13)7-8-15(16)17(20)19-9-4-10-19/h1-3,5-8,11H,4,9-10,12H2. The van der Waals surface area contributed by atoms with Gasteiger partial charge in [-0.05, 0) is 46.1 Å². The van der Waals surface area contributed by atoms with E-state index < -0.39 is 0 Å². The van der Waals surface area contributed by atoms with Crippen molar-refractivity contribution >= 4 is 21.8 Å². The zero-order chi connectivity index (χ0) is 14.7. The summed E-state index contributed by atoms with van der Waals surface area (Å²) in [5.74, 6) is 0.841. The number of carbonyl (C=O) groups excluding carboxylic acids is 1. The van der Waals surface area contributed by atoms with E-state index in [0.717, 1.165) is 35.3 Å². The van der Waals surface area contributed by atoms with E-state index in [0.29, 0.717) is 12.2 Å². The maximum absolute atomic E-state index is 12.2. The van der Waals surface area contributed by atoms with Crippen molar-refractivity contribution < 1.29 is 9.53 Å². The molecule has 1 aliphatic heterocycles. The van der Waals surface area contributed by atoms with Gasteiger partial charge in [-0.1, -0.05) is 30.3 Å². The Morgan fingerprint density at radius 3 is 2.52 bits per heavy atom. The second kappa shape index (κ2) is 6.31. The summed E-state index contributed by atoms with van der Waals surface area (Å²) in [5, 5.41) is 0. The van der Waals surface area contributed by atoms with Crippen molar-refractivity contribution in [2.24, 2.45) is 0 Å². The second-order valence-corrected chi connectivity index (χ2v) is 5.92. The van der Waals surface area contributed by atoms with Crippen LogP contribution in [0.4, 0.5) is 0 Å². The van der Waals surface area contributed by atoms with E-state index >= 15 is 0 Å². The molecule has 1 heterocycles. The van der Waals surface area contributed by atoms with Gasteiger partial charge in [0.2, 0.25) is 0 Å². The third-order valence-corrected chi connectivity index (χ3v) is 4.22. The number of amides is 1. The van der Waals surface area contributed by atoms with E-state index in [1.807, 2.05) is 53.4 Å². The van der Waals surface area contributed by atoms with Crippen LogP contribution >= 0.6 is 15.9 Å². The first-order chi connectivity index (χ1) is 10.2. The van der Waals surface area contributed by atoms with Gasteiger partial charge in [-0.3, -0.25) is 4.79 Å². The summed E-state index contributed by atoms with van der Waals surface area (Å²) in [6.07, 6.45) is 1.10. The maximum Gasteiger partial charge on any atom is 0.255 e. The lowest BCUT2D eigenvalue weighted by molar-refractivity contribution is 0.0651. The fourth-order valence-electron chi connectivity index (χ4n) is 2.19. The van der Waals surface area contributed by atoms with Crippen LogP contribution in [0, 0.1) is 0 Å². The van der Waals surface area contributed by atoms with E-state index in [1.54, 1.807) is 0 Å². The molecule has 2 aromatic carbocycles. The Balaban J connectivity index is 1.67. The summed E-state index contributed by atoms with van der Waals surface area (Å²) < 4.78 is 6.54. The molecule has 3 nitrogen and oxygen atoms in total. The third-order valence-electron chi connectivity index (χ3n) is 3.56. The van der Waals surface area contributed by atoms with E-state index in [2.05, 4.69) is 15.9 Å². The van der Waals surface area contributed by atoms with Crippen molar-refractivity contribution in [2.45, 2.75) is 13.0 Å². The van der Waals surface area contributed by atoms with Crippen molar-refractivity contribution in [2.75, 3.05) is 13.1 Å². The number of halogens is 1. The van der Waals surface area contributed by atoms with Gasteiger partial charge in [-0.2, -0.15) is 0 Å². The number of likely N-dealkylation sites (tertiary alicyclic amines) is 1. The summed E-state index contributed by atoms with van der Waals surface area (Å²) in [6.45, 7) is 2.24. The van der Waals surface area contributed by atoms with E-state index in [9.17, 15) is 4.79 Å². The molecule has 0 spiro atoms. The van der Waals surface area contributed by atoms with E-state index in [1.165, 1.54) is 0 Å². The monoisotopic (exact) mass is 345 g/mol. The molecule has 1 aliphatic rings. The molecule has 3 rings (SSSR count). The SMILES string of the molecule is O=C(c1ccc(OCc2ccccc2)cc1Br)N1CCC1. The fourth-order valence-corrected chi connectivity index (χ4v) is 2.72. The highest BCUT2D eigenvalue weighted by Crippen LogP contribution is 2.26. The fraction of sp³-hybridized carbons (Fsp3) is 0.235. The summed E-state index contributed by atoms with van der Waals surface area (Å²) >= 11 is 3.47. The van der Waals surface area contributed by atoms with Crippen molar-refractivity contribution in [3.8, 4) is 5.75 Å². The van der Waals surface area contributed by atoms with Crippen molar-refractivity contribution in [1.29, 1.82) is 0 Å². The average Bonchev–Trinajstić information content (AvgIpc) is 2.44. The summed E-state index contributed by atoms with van der Waals surface area (Å²) in [4.78, 5) is 14.0. The van der Waals surface area contributed by atoms with Crippen molar-refractivity contribution in [3.05, 3.63) is 64.1 Å². The number of rotatable bonds is 4. The molecule has 0 radical (unpaired) electrons. The Kier molecular flexibility index (Phi) is 4.25. The molecular formula is C17H16BrNO2. The topological polar surface area (TPSA) is 29.5 Å². The van der Waals surface area contributed by atoms with Crippen molar-refractivity contribution in [3.63, 3.8) is 0 Å². The number of hydrogen-bond donors (Lipinski definition) is 0. The summed E-state index contributed by atoms with van der Waals surface area (Å²) in [5.41, 5.74) is 1.82. The molecule has 21 heavy (non-hydrogen) atoms. The number of hydrogen-bond acceptors (Lipinski definition) is 2. The number of nitrogens with zero attached hydrogens (tertiary/aromatic N) is 1. The van der Waals surface area contributed by atoms with Gasteiger partial charge in [0.25, 0.3) is 5.91 Å². The van der Waals surface area contributed by atoms with Gasteiger partial charge in [0.1, 0.15) is 12.4 Å². The first-order valence-corrected chi connectivity index (χ1v) is 7.79. The predicted octanol–water partition coefficient (Wildman–Crippen LogP) is 3.87. The lowest BCUT2D eigenvalue weighted by Crippen LogP contribution is -2.42. The molecule has 0 aromatic heterocycles. The van der Waals surface area contributed by atoms with Gasteiger partial charge in [-0.15, -0.1) is 0 Å². The van der Waals surface area contributed by atoms with Crippen LogP contribution in [0.2, 0.25) is 0 Å². The third kappa shape index (κ3) is 3.27. The van der Waals surface area contributed by atoms with Crippen LogP contribution < -0.4 is 4.74 Å². The second-order valence-electron chi connectivity index (χ2n) is 5.06. The minimum Gasteiger partial charge on any atom is -0.489 e. The van der Waals surface area contributed by atoms with E-state index in [4.69, 9.17) is 4.74 Å². The molecule has 0 atom stereocenters. The van der Waals surface area contributed by atoms with Crippen LogP contribution in [-0.4, -0.2) is 23.9 Å². The number of benzene rings is 2. The molecule has 108 valence electrons. The average molecular weight is 346 g/mol. The van der Waals surface area contributed by atoms with Gasteiger partial charge in [-0.25, -0.2) is 0 Å². The molecule has 2 aromatic rings. The highest BCUT2D eigenvalue weighted by molar-refractivity contribution is 9.10. The van der Waals surface area contributed by atoms with Crippen LogP contribution in [-0.2, 0) is 6.61 Å².